The first-order chi connectivity index (χ1) is 15.0. The minimum atomic E-state index is -0.768. The van der Waals surface area contributed by atoms with E-state index in [1.807, 2.05) is 54.6 Å². The number of hydrogen-bond acceptors (Lipinski definition) is 7. The van der Waals surface area contributed by atoms with E-state index in [0.717, 1.165) is 16.9 Å². The number of hydrogen-bond donors (Lipinski definition) is 4. The van der Waals surface area contributed by atoms with Crippen LogP contribution >= 0.6 is 11.3 Å². The summed E-state index contributed by atoms with van der Waals surface area (Å²) in [5.74, 6) is 0.592. The number of nitrogen functional groups attached to an aromatic ring is 1. The van der Waals surface area contributed by atoms with Gasteiger partial charge in [0, 0.05) is 18.5 Å². The number of nitrogens with two attached hydrogens (primary N) is 1. The molecule has 3 aromatic rings. The van der Waals surface area contributed by atoms with E-state index in [2.05, 4.69) is 15.6 Å². The van der Waals surface area contributed by atoms with Gasteiger partial charge in [0.25, 0.3) is 0 Å². The molecule has 2 aromatic carbocycles. The van der Waals surface area contributed by atoms with Crippen LogP contribution < -0.4 is 21.1 Å². The summed E-state index contributed by atoms with van der Waals surface area (Å²) in [6, 6.07) is 17.1. The lowest BCUT2D eigenvalue weighted by Crippen LogP contribution is -2.49. The van der Waals surface area contributed by atoms with Crippen molar-refractivity contribution in [1.82, 2.24) is 15.6 Å². The maximum absolute atomic E-state index is 12.6. The number of carbonyl (C=O) groups is 1. The average molecular weight is 441 g/mol. The molecule has 5 N–H and O–H groups in total. The fraction of sp³-hybridized carbons (Fsp3) is 0.304. The molecule has 0 unspecified atom stereocenters. The van der Waals surface area contributed by atoms with Crippen molar-refractivity contribution in [3.63, 3.8) is 0 Å². The van der Waals surface area contributed by atoms with Gasteiger partial charge in [0.15, 0.2) is 5.13 Å². The second-order valence-corrected chi connectivity index (χ2v) is 8.16. The number of nitrogens with zero attached hydrogens (tertiary/aromatic N) is 1. The summed E-state index contributed by atoms with van der Waals surface area (Å²) >= 11 is 1.30. The van der Waals surface area contributed by atoms with E-state index < -0.39 is 12.1 Å². The van der Waals surface area contributed by atoms with Crippen molar-refractivity contribution < 1.29 is 14.6 Å². The highest BCUT2D eigenvalue weighted by Crippen LogP contribution is 2.13. The zero-order valence-corrected chi connectivity index (χ0v) is 18.3. The van der Waals surface area contributed by atoms with Gasteiger partial charge in [-0.15, -0.1) is 11.3 Å². The van der Waals surface area contributed by atoms with Crippen LogP contribution in [0.4, 0.5) is 5.13 Å². The van der Waals surface area contributed by atoms with Crippen LogP contribution in [0, 0.1) is 0 Å². The largest absolute Gasteiger partial charge is 0.497 e. The number of rotatable bonds is 11. The van der Waals surface area contributed by atoms with Crippen molar-refractivity contribution in [2.24, 2.45) is 0 Å². The van der Waals surface area contributed by atoms with E-state index in [9.17, 15) is 9.90 Å². The Bertz CT molecular complexity index is 964. The predicted octanol–water partition coefficient (Wildman–Crippen LogP) is 2.15. The highest BCUT2D eigenvalue weighted by Gasteiger charge is 2.22. The lowest BCUT2D eigenvalue weighted by Gasteiger charge is -2.25. The first-order valence-electron chi connectivity index (χ1n) is 10.1. The minimum Gasteiger partial charge on any atom is -0.497 e. The maximum Gasteiger partial charge on any atom is 0.226 e. The van der Waals surface area contributed by atoms with Crippen LogP contribution in [0.25, 0.3) is 0 Å². The van der Waals surface area contributed by atoms with Crippen LogP contribution in [-0.2, 0) is 24.2 Å². The number of aliphatic hydroxyl groups excluding tert-OH is 1. The van der Waals surface area contributed by atoms with Gasteiger partial charge in [-0.3, -0.25) is 4.79 Å². The molecule has 1 amide bonds. The molecule has 3 rings (SSSR count). The number of anilines is 1. The third-order valence-electron chi connectivity index (χ3n) is 4.84. The molecule has 31 heavy (non-hydrogen) atoms. The van der Waals surface area contributed by atoms with E-state index in [-0.39, 0.29) is 12.3 Å². The number of ether oxygens (including phenoxy) is 1. The van der Waals surface area contributed by atoms with E-state index in [1.165, 1.54) is 11.3 Å². The van der Waals surface area contributed by atoms with Gasteiger partial charge in [-0.25, -0.2) is 4.98 Å². The summed E-state index contributed by atoms with van der Waals surface area (Å²) in [5.41, 5.74) is 8.37. The highest BCUT2D eigenvalue weighted by atomic mass is 32.1. The van der Waals surface area contributed by atoms with E-state index >= 15 is 0 Å². The average Bonchev–Trinajstić information content (AvgIpc) is 3.18. The molecule has 1 aromatic heterocycles. The van der Waals surface area contributed by atoms with E-state index in [0.29, 0.717) is 30.3 Å². The molecule has 0 radical (unpaired) electrons. The zero-order chi connectivity index (χ0) is 22.1. The molecule has 0 aliphatic rings. The minimum absolute atomic E-state index is 0.128. The molecule has 164 valence electrons. The Morgan fingerprint density at radius 2 is 1.97 bits per heavy atom. The van der Waals surface area contributed by atoms with Crippen molar-refractivity contribution in [3.8, 4) is 5.75 Å². The standard InChI is InChI=1S/C23H28N4O3S/c1-30-19-9-5-8-17(10-19)13-25-14-21(28)20(11-16-6-3-2-4-7-16)27-22(29)12-18-15-31-23(24)26-18/h2-10,15,20-21,25,28H,11-14H2,1H3,(H2,24,26)(H,27,29)/t20-,21+/m0/s1. The number of thiazole rings is 1. The molecule has 0 aliphatic heterocycles. The molecule has 0 saturated heterocycles. The van der Waals surface area contributed by atoms with Gasteiger partial charge in [0.2, 0.25) is 5.91 Å². The molecule has 0 aliphatic carbocycles. The molecule has 8 heteroatoms. The van der Waals surface area contributed by atoms with E-state index in [1.54, 1.807) is 12.5 Å². The first-order valence-corrected chi connectivity index (χ1v) is 11.0. The molecule has 0 saturated carbocycles. The second-order valence-electron chi connectivity index (χ2n) is 7.27. The maximum atomic E-state index is 12.6. The lowest BCUT2D eigenvalue weighted by molar-refractivity contribution is -0.122. The van der Waals surface area contributed by atoms with Crippen molar-refractivity contribution in [2.45, 2.75) is 31.5 Å². The Labute approximate surface area is 186 Å². The van der Waals surface area contributed by atoms with Crippen molar-refractivity contribution in [3.05, 3.63) is 76.8 Å². The SMILES string of the molecule is COc1cccc(CNC[C@@H](O)[C@H](Cc2ccccc2)NC(=O)Cc2csc(N)n2)c1. The molecule has 0 spiro atoms. The van der Waals surface area contributed by atoms with Gasteiger partial charge in [-0.05, 0) is 29.7 Å². The first kappa shape index (κ1) is 22.7. The number of carbonyl (C=O) groups excluding carboxylic acids is 1. The van der Waals surface area contributed by atoms with Crippen LogP contribution in [0.15, 0.2) is 60.0 Å². The van der Waals surface area contributed by atoms with Crippen LogP contribution in [0.3, 0.4) is 0 Å². The van der Waals surface area contributed by atoms with E-state index in [4.69, 9.17) is 10.5 Å². The summed E-state index contributed by atoms with van der Waals surface area (Å²) in [7, 11) is 1.63. The fourth-order valence-electron chi connectivity index (χ4n) is 3.27. The Morgan fingerprint density at radius 3 is 2.68 bits per heavy atom. The predicted molar refractivity (Wildman–Crippen MR) is 123 cm³/mol. The number of aliphatic hydroxyl groups is 1. The summed E-state index contributed by atoms with van der Waals surface area (Å²) in [5, 5.41) is 19.3. The highest BCUT2D eigenvalue weighted by molar-refractivity contribution is 7.13. The molecular weight excluding hydrogens is 412 g/mol. The number of methoxy groups -OCH3 is 1. The Balaban J connectivity index is 1.59. The van der Waals surface area contributed by atoms with Gasteiger partial charge >= 0.3 is 0 Å². The quantitative estimate of drug-likeness (QED) is 0.364. The lowest BCUT2D eigenvalue weighted by atomic mass is 10.0. The van der Waals surface area contributed by atoms with Gasteiger partial charge < -0.3 is 26.2 Å². The van der Waals surface area contributed by atoms with Crippen LogP contribution in [0.2, 0.25) is 0 Å². The van der Waals surface area contributed by atoms with Crippen molar-refractivity contribution in [1.29, 1.82) is 0 Å². The van der Waals surface area contributed by atoms with Crippen LogP contribution in [0.1, 0.15) is 16.8 Å². The molecule has 7 nitrogen and oxygen atoms in total. The van der Waals surface area contributed by atoms with Gasteiger partial charge in [0.1, 0.15) is 5.75 Å². The van der Waals surface area contributed by atoms with Gasteiger partial charge in [0.05, 0.1) is 31.4 Å². The third-order valence-corrected chi connectivity index (χ3v) is 5.56. The summed E-state index contributed by atoms with van der Waals surface area (Å²) in [6.45, 7) is 0.914. The second kappa shape index (κ2) is 11.5. The fourth-order valence-corrected chi connectivity index (χ4v) is 3.83. The van der Waals surface area contributed by atoms with Crippen molar-refractivity contribution >= 4 is 22.4 Å². The summed E-state index contributed by atoms with van der Waals surface area (Å²) < 4.78 is 5.24. The van der Waals surface area contributed by atoms with Crippen molar-refractivity contribution in [2.75, 3.05) is 19.4 Å². The molecule has 2 atom stereocenters. The number of amides is 1. The zero-order valence-electron chi connectivity index (χ0n) is 17.5. The number of benzene rings is 2. The van der Waals surface area contributed by atoms with Crippen LogP contribution in [0.5, 0.6) is 5.75 Å². The van der Waals surface area contributed by atoms with Gasteiger partial charge in [-0.2, -0.15) is 0 Å². The molecular formula is C23H28N4O3S. The molecule has 0 fully saturated rings. The number of nitrogens with one attached hydrogen (secondary N) is 2. The number of aromatic nitrogens is 1. The normalized spacial score (nSPS) is 12.8. The topological polar surface area (TPSA) is 110 Å². The molecule has 0 bridgehead atoms. The van der Waals surface area contributed by atoms with Gasteiger partial charge in [-0.1, -0.05) is 42.5 Å². The van der Waals surface area contributed by atoms with Crippen LogP contribution in [-0.4, -0.2) is 41.8 Å². The smallest absolute Gasteiger partial charge is 0.226 e. The monoisotopic (exact) mass is 440 g/mol. The Morgan fingerprint density at radius 1 is 1.19 bits per heavy atom. The Hall–Kier alpha value is -2.94. The summed E-state index contributed by atoms with van der Waals surface area (Å²) in [4.78, 5) is 16.7. The Kier molecular flexibility index (Phi) is 8.40. The molecule has 1 heterocycles. The summed E-state index contributed by atoms with van der Waals surface area (Å²) in [6.07, 6.45) is -0.119. The third kappa shape index (κ3) is 7.36.